The number of benzene rings is 1. The summed E-state index contributed by atoms with van der Waals surface area (Å²) in [4.78, 5) is 27.7. The Bertz CT molecular complexity index is 758. The molecule has 0 saturated carbocycles. The van der Waals surface area contributed by atoms with Crippen molar-refractivity contribution < 1.29 is 9.72 Å². The molecule has 2 rings (SSSR count). The SMILES string of the molecule is Cc1nc(NCC(C)C)sc1C(=O)c1ccc(Cl)c([N+](=O)[O-])c1. The lowest BCUT2D eigenvalue weighted by Gasteiger charge is -2.04. The van der Waals surface area contributed by atoms with Crippen LogP contribution in [-0.4, -0.2) is 22.2 Å². The van der Waals surface area contributed by atoms with Crippen LogP contribution in [0.1, 0.15) is 34.8 Å². The Morgan fingerprint density at radius 1 is 1.48 bits per heavy atom. The van der Waals surface area contributed by atoms with Gasteiger partial charge in [-0.25, -0.2) is 4.98 Å². The Balaban J connectivity index is 2.30. The zero-order valence-corrected chi connectivity index (χ0v) is 14.5. The molecule has 23 heavy (non-hydrogen) atoms. The highest BCUT2D eigenvalue weighted by molar-refractivity contribution is 7.17. The Kier molecular flexibility index (Phi) is 5.33. The van der Waals surface area contributed by atoms with Gasteiger partial charge < -0.3 is 5.32 Å². The van der Waals surface area contributed by atoms with Crippen LogP contribution >= 0.6 is 22.9 Å². The van der Waals surface area contributed by atoms with Crippen molar-refractivity contribution in [3.05, 3.63) is 49.5 Å². The van der Waals surface area contributed by atoms with E-state index in [1.165, 1.54) is 29.5 Å². The molecule has 6 nitrogen and oxygen atoms in total. The summed E-state index contributed by atoms with van der Waals surface area (Å²) >= 11 is 7.02. The molecule has 0 atom stereocenters. The third kappa shape index (κ3) is 4.05. The van der Waals surface area contributed by atoms with E-state index in [0.717, 1.165) is 6.54 Å². The molecule has 0 fully saturated rings. The average Bonchev–Trinajstić information content (AvgIpc) is 2.85. The largest absolute Gasteiger partial charge is 0.361 e. The number of ketones is 1. The second-order valence-electron chi connectivity index (χ2n) is 5.46. The number of anilines is 1. The summed E-state index contributed by atoms with van der Waals surface area (Å²) in [5, 5.41) is 14.8. The standard InChI is InChI=1S/C15H16ClN3O3S/c1-8(2)7-17-15-18-9(3)14(23-15)13(20)10-4-5-11(16)12(6-10)19(21)22/h4-6,8H,7H2,1-3H3,(H,17,18). The van der Waals surface area contributed by atoms with Gasteiger partial charge in [-0.2, -0.15) is 0 Å². The number of nitro groups is 1. The van der Waals surface area contributed by atoms with Crippen molar-refractivity contribution >= 4 is 39.5 Å². The van der Waals surface area contributed by atoms with Crippen LogP contribution in [0.3, 0.4) is 0 Å². The monoisotopic (exact) mass is 353 g/mol. The number of thiazole rings is 1. The van der Waals surface area contributed by atoms with Crippen LogP contribution < -0.4 is 5.32 Å². The van der Waals surface area contributed by atoms with Crippen LogP contribution in [0.4, 0.5) is 10.8 Å². The van der Waals surface area contributed by atoms with Gasteiger partial charge in [0.2, 0.25) is 5.78 Å². The van der Waals surface area contributed by atoms with E-state index in [1.807, 2.05) is 0 Å². The number of halogens is 1. The van der Waals surface area contributed by atoms with E-state index in [1.54, 1.807) is 6.92 Å². The van der Waals surface area contributed by atoms with Crippen molar-refractivity contribution in [1.82, 2.24) is 4.98 Å². The highest BCUT2D eigenvalue weighted by Gasteiger charge is 2.21. The molecule has 0 radical (unpaired) electrons. The molecule has 0 amide bonds. The highest BCUT2D eigenvalue weighted by Crippen LogP contribution is 2.29. The number of carbonyl (C=O) groups excluding carboxylic acids is 1. The molecule has 0 aliphatic heterocycles. The van der Waals surface area contributed by atoms with Crippen LogP contribution in [0, 0.1) is 23.0 Å². The van der Waals surface area contributed by atoms with Gasteiger partial charge in [-0.15, -0.1) is 0 Å². The Hall–Kier alpha value is -1.99. The van der Waals surface area contributed by atoms with Crippen LogP contribution in [0.2, 0.25) is 5.02 Å². The number of carbonyl (C=O) groups is 1. The first kappa shape index (κ1) is 17.4. The number of hydrogen-bond acceptors (Lipinski definition) is 6. The van der Waals surface area contributed by atoms with Crippen molar-refractivity contribution in [2.24, 2.45) is 5.92 Å². The summed E-state index contributed by atoms with van der Waals surface area (Å²) in [6, 6.07) is 4.05. The van der Waals surface area contributed by atoms with Gasteiger partial charge in [-0.3, -0.25) is 14.9 Å². The zero-order valence-electron chi connectivity index (χ0n) is 12.9. The number of nitrogens with zero attached hydrogens (tertiary/aromatic N) is 2. The predicted octanol–water partition coefficient (Wildman–Crippen LogP) is 4.31. The normalized spacial score (nSPS) is 10.8. The van der Waals surface area contributed by atoms with Crippen molar-refractivity contribution in [3.63, 3.8) is 0 Å². The number of nitro benzene ring substituents is 1. The lowest BCUT2D eigenvalue weighted by Crippen LogP contribution is -2.07. The molecule has 0 unspecified atom stereocenters. The minimum Gasteiger partial charge on any atom is -0.361 e. The van der Waals surface area contributed by atoms with E-state index >= 15 is 0 Å². The molecule has 0 bridgehead atoms. The van der Waals surface area contributed by atoms with Gasteiger partial charge in [0.05, 0.1) is 15.5 Å². The van der Waals surface area contributed by atoms with Gasteiger partial charge in [0, 0.05) is 18.2 Å². The Labute approximate surface area is 142 Å². The number of aromatic nitrogens is 1. The van der Waals surface area contributed by atoms with Crippen molar-refractivity contribution in [3.8, 4) is 0 Å². The fourth-order valence-electron chi connectivity index (χ4n) is 1.90. The summed E-state index contributed by atoms with van der Waals surface area (Å²) in [5.41, 5.74) is 0.546. The molecule has 0 spiro atoms. The first-order valence-corrected chi connectivity index (χ1v) is 8.19. The van der Waals surface area contributed by atoms with Gasteiger partial charge in [0.25, 0.3) is 5.69 Å². The number of nitrogens with one attached hydrogen (secondary N) is 1. The van der Waals surface area contributed by atoms with Crippen molar-refractivity contribution in [1.29, 1.82) is 0 Å². The fraction of sp³-hybridized carbons (Fsp3) is 0.333. The highest BCUT2D eigenvalue weighted by atomic mass is 35.5. The second-order valence-corrected chi connectivity index (χ2v) is 6.87. The van der Waals surface area contributed by atoms with Crippen LogP contribution in [0.5, 0.6) is 0 Å². The molecule has 122 valence electrons. The summed E-state index contributed by atoms with van der Waals surface area (Å²) < 4.78 is 0. The maximum Gasteiger partial charge on any atom is 0.288 e. The van der Waals surface area contributed by atoms with E-state index in [0.29, 0.717) is 21.6 Å². The molecule has 2 aromatic rings. The van der Waals surface area contributed by atoms with Crippen LogP contribution in [0.25, 0.3) is 0 Å². The molecule has 1 N–H and O–H groups in total. The summed E-state index contributed by atoms with van der Waals surface area (Å²) in [5.74, 6) is 0.162. The summed E-state index contributed by atoms with van der Waals surface area (Å²) in [6.07, 6.45) is 0. The molecule has 1 heterocycles. The lowest BCUT2D eigenvalue weighted by molar-refractivity contribution is -0.384. The van der Waals surface area contributed by atoms with E-state index < -0.39 is 4.92 Å². The maximum absolute atomic E-state index is 12.6. The van der Waals surface area contributed by atoms with E-state index in [9.17, 15) is 14.9 Å². The predicted molar refractivity (Wildman–Crippen MR) is 91.7 cm³/mol. The molecule has 1 aromatic heterocycles. The number of aryl methyl sites for hydroxylation is 1. The first-order chi connectivity index (χ1) is 10.8. The molecular weight excluding hydrogens is 338 g/mol. The van der Waals surface area contributed by atoms with Crippen molar-refractivity contribution in [2.45, 2.75) is 20.8 Å². The smallest absolute Gasteiger partial charge is 0.288 e. The third-order valence-electron chi connectivity index (χ3n) is 3.07. The number of hydrogen-bond donors (Lipinski definition) is 1. The zero-order chi connectivity index (χ0) is 17.1. The summed E-state index contributed by atoms with van der Waals surface area (Å²) in [6.45, 7) is 6.65. The second kappa shape index (κ2) is 7.06. The quantitative estimate of drug-likeness (QED) is 0.475. The maximum atomic E-state index is 12.6. The van der Waals surface area contributed by atoms with Gasteiger partial charge in [-0.1, -0.05) is 36.8 Å². The minimum atomic E-state index is -0.603. The molecule has 8 heteroatoms. The van der Waals surface area contributed by atoms with E-state index in [4.69, 9.17) is 11.6 Å². The van der Waals surface area contributed by atoms with Crippen molar-refractivity contribution in [2.75, 3.05) is 11.9 Å². The Morgan fingerprint density at radius 3 is 2.78 bits per heavy atom. The topological polar surface area (TPSA) is 85.1 Å². The molecule has 1 aromatic carbocycles. The summed E-state index contributed by atoms with van der Waals surface area (Å²) in [7, 11) is 0. The average molecular weight is 354 g/mol. The van der Waals surface area contributed by atoms with Gasteiger partial charge >= 0.3 is 0 Å². The van der Waals surface area contributed by atoms with Gasteiger partial charge in [-0.05, 0) is 25.0 Å². The molecular formula is C15H16ClN3O3S. The third-order valence-corrected chi connectivity index (χ3v) is 4.50. The minimum absolute atomic E-state index is 0.00636. The van der Waals surface area contributed by atoms with Gasteiger partial charge in [0.1, 0.15) is 5.02 Å². The molecule has 0 aliphatic carbocycles. The van der Waals surface area contributed by atoms with Gasteiger partial charge in [0.15, 0.2) is 5.13 Å². The number of rotatable bonds is 6. The van der Waals surface area contributed by atoms with E-state index in [2.05, 4.69) is 24.1 Å². The lowest BCUT2D eigenvalue weighted by atomic mass is 10.1. The first-order valence-electron chi connectivity index (χ1n) is 6.99. The van der Waals surface area contributed by atoms with Crippen LogP contribution in [0.15, 0.2) is 18.2 Å². The van der Waals surface area contributed by atoms with Crippen LogP contribution in [-0.2, 0) is 0 Å². The molecule has 0 saturated heterocycles. The van der Waals surface area contributed by atoms with E-state index in [-0.39, 0.29) is 22.1 Å². The fourth-order valence-corrected chi connectivity index (χ4v) is 3.02. The Morgan fingerprint density at radius 2 is 2.17 bits per heavy atom. The molecule has 0 aliphatic rings.